The molecular weight excluding hydrogens is 298 g/mol. The number of nitrogens with one attached hydrogen (secondary N) is 2. The number of rotatable bonds is 4. The normalized spacial score (nSPS) is 15.0. The third-order valence-electron chi connectivity index (χ3n) is 4.07. The van der Waals surface area contributed by atoms with Gasteiger partial charge in [-0.1, -0.05) is 29.8 Å². The SMILES string of the molecule is O=c1[nH]ccn1CC/C=C\c1c(Cl)ccc2c1CCNCC2. The zero-order chi connectivity index (χ0) is 15.4. The highest BCUT2D eigenvalue weighted by molar-refractivity contribution is 6.32. The molecule has 0 fully saturated rings. The van der Waals surface area contributed by atoms with Crippen molar-refractivity contribution in [2.24, 2.45) is 0 Å². The lowest BCUT2D eigenvalue weighted by atomic mass is 9.96. The molecular formula is C17H20ClN3O. The molecule has 0 aliphatic carbocycles. The number of H-pyrrole nitrogens is 1. The van der Waals surface area contributed by atoms with E-state index in [4.69, 9.17) is 11.6 Å². The van der Waals surface area contributed by atoms with Gasteiger partial charge in [-0.25, -0.2) is 4.79 Å². The standard InChI is InChI=1S/C17H20ClN3O/c18-16-5-4-13-6-8-19-9-7-14(13)15(16)3-1-2-11-21-12-10-20-17(21)22/h1,3-5,10,12,19H,2,6-9,11H2,(H,20,22)/b3-1-. The fourth-order valence-corrected chi connectivity index (χ4v) is 3.13. The van der Waals surface area contributed by atoms with Gasteiger partial charge in [0.1, 0.15) is 0 Å². The molecule has 1 aliphatic rings. The van der Waals surface area contributed by atoms with Crippen LogP contribution < -0.4 is 11.0 Å². The second kappa shape index (κ2) is 6.99. The number of benzene rings is 1. The number of aromatic amines is 1. The van der Waals surface area contributed by atoms with Gasteiger partial charge in [0.05, 0.1) is 0 Å². The zero-order valence-corrected chi connectivity index (χ0v) is 13.2. The fraction of sp³-hybridized carbons (Fsp3) is 0.353. The number of hydrogen-bond donors (Lipinski definition) is 2. The first-order chi connectivity index (χ1) is 10.8. The van der Waals surface area contributed by atoms with E-state index in [2.05, 4.69) is 28.5 Å². The summed E-state index contributed by atoms with van der Waals surface area (Å²) in [6.07, 6.45) is 10.5. The van der Waals surface area contributed by atoms with E-state index in [9.17, 15) is 4.79 Å². The minimum atomic E-state index is -0.0638. The van der Waals surface area contributed by atoms with Gasteiger partial charge in [-0.05, 0) is 55.1 Å². The van der Waals surface area contributed by atoms with Gasteiger partial charge in [-0.3, -0.25) is 4.57 Å². The van der Waals surface area contributed by atoms with E-state index in [1.807, 2.05) is 6.07 Å². The number of nitrogens with zero attached hydrogens (tertiary/aromatic N) is 1. The summed E-state index contributed by atoms with van der Waals surface area (Å²) in [5, 5.41) is 4.23. The molecule has 0 bridgehead atoms. The third-order valence-corrected chi connectivity index (χ3v) is 4.40. The van der Waals surface area contributed by atoms with Crippen molar-refractivity contribution in [3.63, 3.8) is 0 Å². The van der Waals surface area contributed by atoms with Crippen molar-refractivity contribution in [3.8, 4) is 0 Å². The number of aromatic nitrogens is 2. The summed E-state index contributed by atoms with van der Waals surface area (Å²) in [5.41, 5.74) is 3.80. The van der Waals surface area contributed by atoms with E-state index in [0.29, 0.717) is 6.54 Å². The molecule has 0 unspecified atom stereocenters. The average Bonchev–Trinajstić information content (AvgIpc) is 2.78. The van der Waals surface area contributed by atoms with Gasteiger partial charge in [0.25, 0.3) is 0 Å². The smallest absolute Gasteiger partial charge is 0.316 e. The van der Waals surface area contributed by atoms with Crippen LogP contribution >= 0.6 is 11.6 Å². The summed E-state index contributed by atoms with van der Waals surface area (Å²) in [4.78, 5) is 14.1. The number of hydrogen-bond acceptors (Lipinski definition) is 2. The van der Waals surface area contributed by atoms with Crippen LogP contribution in [0.1, 0.15) is 23.1 Å². The Morgan fingerprint density at radius 3 is 2.95 bits per heavy atom. The predicted molar refractivity (Wildman–Crippen MR) is 90.4 cm³/mol. The van der Waals surface area contributed by atoms with Gasteiger partial charge in [-0.2, -0.15) is 0 Å². The molecule has 22 heavy (non-hydrogen) atoms. The number of allylic oxidation sites excluding steroid dienone is 1. The van der Waals surface area contributed by atoms with Crippen molar-refractivity contribution in [3.05, 3.63) is 62.8 Å². The van der Waals surface area contributed by atoms with E-state index < -0.39 is 0 Å². The number of halogens is 1. The molecule has 1 aromatic carbocycles. The Balaban J connectivity index is 1.75. The first-order valence-corrected chi connectivity index (χ1v) is 8.05. The molecule has 3 rings (SSSR count). The van der Waals surface area contributed by atoms with Crippen LogP contribution in [0.4, 0.5) is 0 Å². The molecule has 5 heteroatoms. The topological polar surface area (TPSA) is 49.8 Å². The van der Waals surface area contributed by atoms with Gasteiger partial charge in [0.15, 0.2) is 0 Å². The van der Waals surface area contributed by atoms with Crippen LogP contribution in [0.25, 0.3) is 6.08 Å². The Morgan fingerprint density at radius 2 is 2.14 bits per heavy atom. The Morgan fingerprint density at radius 1 is 1.27 bits per heavy atom. The minimum Gasteiger partial charge on any atom is -0.316 e. The highest BCUT2D eigenvalue weighted by Gasteiger charge is 2.12. The molecule has 1 aliphatic heterocycles. The van der Waals surface area contributed by atoms with E-state index in [1.54, 1.807) is 17.0 Å². The van der Waals surface area contributed by atoms with Gasteiger partial charge >= 0.3 is 5.69 Å². The highest BCUT2D eigenvalue weighted by Crippen LogP contribution is 2.27. The molecule has 1 aromatic heterocycles. The largest absolute Gasteiger partial charge is 0.325 e. The Hall–Kier alpha value is -1.78. The predicted octanol–water partition coefficient (Wildman–Crippen LogP) is 2.62. The maximum absolute atomic E-state index is 11.4. The van der Waals surface area contributed by atoms with Gasteiger partial charge in [0, 0.05) is 24.0 Å². The fourth-order valence-electron chi connectivity index (χ4n) is 2.89. The Bertz CT molecular complexity index is 730. The van der Waals surface area contributed by atoms with Crippen LogP contribution in [0.15, 0.2) is 35.4 Å². The van der Waals surface area contributed by atoms with E-state index in [1.165, 1.54) is 11.1 Å². The van der Waals surface area contributed by atoms with Crippen molar-refractivity contribution in [1.82, 2.24) is 14.9 Å². The average molecular weight is 318 g/mol. The van der Waals surface area contributed by atoms with Gasteiger partial charge in [-0.15, -0.1) is 0 Å². The Labute approximate surface area is 134 Å². The van der Waals surface area contributed by atoms with Crippen LogP contribution in [-0.2, 0) is 19.4 Å². The van der Waals surface area contributed by atoms with Crippen LogP contribution in [0.2, 0.25) is 5.02 Å². The van der Waals surface area contributed by atoms with Crippen molar-refractivity contribution >= 4 is 17.7 Å². The summed E-state index contributed by atoms with van der Waals surface area (Å²) < 4.78 is 1.67. The van der Waals surface area contributed by atoms with Crippen LogP contribution in [0.5, 0.6) is 0 Å². The van der Waals surface area contributed by atoms with Crippen LogP contribution in [0, 0.1) is 0 Å². The maximum atomic E-state index is 11.4. The molecule has 2 N–H and O–H groups in total. The Kier molecular flexibility index (Phi) is 4.80. The second-order valence-electron chi connectivity index (χ2n) is 5.50. The number of aryl methyl sites for hydroxylation is 1. The van der Waals surface area contributed by atoms with E-state index in [-0.39, 0.29) is 5.69 Å². The molecule has 2 heterocycles. The van der Waals surface area contributed by atoms with Crippen molar-refractivity contribution < 1.29 is 0 Å². The summed E-state index contributed by atoms with van der Waals surface area (Å²) >= 11 is 6.39. The minimum absolute atomic E-state index is 0.0638. The second-order valence-corrected chi connectivity index (χ2v) is 5.91. The zero-order valence-electron chi connectivity index (χ0n) is 12.4. The van der Waals surface area contributed by atoms with Crippen molar-refractivity contribution in [2.75, 3.05) is 13.1 Å². The number of fused-ring (bicyclic) bond motifs is 1. The van der Waals surface area contributed by atoms with Crippen LogP contribution in [-0.4, -0.2) is 22.6 Å². The van der Waals surface area contributed by atoms with Gasteiger partial charge in [0.2, 0.25) is 0 Å². The lowest BCUT2D eigenvalue weighted by molar-refractivity contribution is 0.684. The maximum Gasteiger partial charge on any atom is 0.325 e. The molecule has 4 nitrogen and oxygen atoms in total. The van der Waals surface area contributed by atoms with E-state index >= 15 is 0 Å². The monoisotopic (exact) mass is 317 g/mol. The van der Waals surface area contributed by atoms with E-state index in [0.717, 1.165) is 42.9 Å². The first-order valence-electron chi connectivity index (χ1n) is 7.67. The third kappa shape index (κ3) is 3.34. The van der Waals surface area contributed by atoms with Gasteiger partial charge < -0.3 is 10.3 Å². The number of imidazole rings is 1. The first kappa shape index (κ1) is 15.1. The molecule has 0 saturated heterocycles. The quantitative estimate of drug-likeness (QED) is 0.910. The van der Waals surface area contributed by atoms with Crippen LogP contribution in [0.3, 0.4) is 0 Å². The lowest BCUT2D eigenvalue weighted by Gasteiger charge is -2.11. The summed E-state index contributed by atoms with van der Waals surface area (Å²) in [7, 11) is 0. The summed E-state index contributed by atoms with van der Waals surface area (Å²) in [6, 6.07) is 4.13. The molecule has 0 saturated carbocycles. The molecule has 116 valence electrons. The highest BCUT2D eigenvalue weighted by atomic mass is 35.5. The molecule has 0 radical (unpaired) electrons. The van der Waals surface area contributed by atoms with Crippen molar-refractivity contribution in [1.29, 1.82) is 0 Å². The summed E-state index contributed by atoms with van der Waals surface area (Å²) in [6.45, 7) is 2.69. The molecule has 0 amide bonds. The molecule has 0 spiro atoms. The summed E-state index contributed by atoms with van der Waals surface area (Å²) in [5.74, 6) is 0. The lowest BCUT2D eigenvalue weighted by Crippen LogP contribution is -2.16. The molecule has 2 aromatic rings. The molecule has 0 atom stereocenters. The van der Waals surface area contributed by atoms with Crippen molar-refractivity contribution in [2.45, 2.75) is 25.8 Å².